The van der Waals surface area contributed by atoms with E-state index < -0.39 is 29.7 Å². The highest BCUT2D eigenvalue weighted by Gasteiger charge is 2.40. The van der Waals surface area contributed by atoms with Crippen LogP contribution in [0.1, 0.15) is 55.0 Å². The molecule has 0 radical (unpaired) electrons. The third kappa shape index (κ3) is 3.82. The number of hydrogen-bond acceptors (Lipinski definition) is 5. The molecule has 2 aromatic rings. The maximum absolute atomic E-state index is 13.1. The quantitative estimate of drug-likeness (QED) is 0.710. The second-order valence-corrected chi connectivity index (χ2v) is 7.89. The maximum atomic E-state index is 13.1. The van der Waals surface area contributed by atoms with E-state index in [2.05, 4.69) is 10.6 Å². The van der Waals surface area contributed by atoms with Crippen molar-refractivity contribution in [1.82, 2.24) is 15.5 Å². The van der Waals surface area contributed by atoms with Gasteiger partial charge in [-0.15, -0.1) is 0 Å². The highest BCUT2D eigenvalue weighted by molar-refractivity contribution is 6.31. The predicted octanol–water partition coefficient (Wildman–Crippen LogP) is 1.98. The van der Waals surface area contributed by atoms with E-state index in [1.807, 2.05) is 0 Å². The van der Waals surface area contributed by atoms with E-state index in [0.29, 0.717) is 10.6 Å². The molecule has 1 unspecified atom stereocenters. The van der Waals surface area contributed by atoms with Crippen molar-refractivity contribution >= 4 is 41.1 Å². The number of benzene rings is 2. The summed E-state index contributed by atoms with van der Waals surface area (Å²) < 4.78 is 0. The Morgan fingerprint density at radius 1 is 1.13 bits per heavy atom. The minimum Gasteiger partial charge on any atom is -0.322 e. The fourth-order valence-corrected chi connectivity index (χ4v) is 3.96. The summed E-state index contributed by atoms with van der Waals surface area (Å²) in [6, 6.07) is 8.66. The van der Waals surface area contributed by atoms with Gasteiger partial charge in [0.1, 0.15) is 6.04 Å². The molecule has 31 heavy (non-hydrogen) atoms. The number of aryl methyl sites for hydroxylation is 1. The molecule has 2 aromatic carbocycles. The third-order valence-electron chi connectivity index (χ3n) is 5.46. The summed E-state index contributed by atoms with van der Waals surface area (Å²) in [7, 11) is 0. The van der Waals surface area contributed by atoms with E-state index in [-0.39, 0.29) is 42.0 Å². The minimum atomic E-state index is -0.787. The second kappa shape index (κ2) is 7.96. The predicted molar refractivity (Wildman–Crippen MR) is 110 cm³/mol. The van der Waals surface area contributed by atoms with Crippen molar-refractivity contribution < 1.29 is 24.0 Å². The lowest BCUT2D eigenvalue weighted by Crippen LogP contribution is -2.52. The molecule has 2 heterocycles. The first-order valence-corrected chi connectivity index (χ1v) is 10.0. The molecular formula is C22H18ClN3O5. The Bertz CT molecular complexity index is 1160. The van der Waals surface area contributed by atoms with Gasteiger partial charge in [0.2, 0.25) is 11.8 Å². The van der Waals surface area contributed by atoms with E-state index in [9.17, 15) is 24.0 Å². The van der Waals surface area contributed by atoms with Crippen molar-refractivity contribution in [3.8, 4) is 0 Å². The highest BCUT2D eigenvalue weighted by Crippen LogP contribution is 2.30. The zero-order valence-corrected chi connectivity index (χ0v) is 17.3. The first-order valence-electron chi connectivity index (χ1n) is 9.64. The Morgan fingerprint density at radius 3 is 2.61 bits per heavy atom. The number of nitrogens with one attached hydrogen (secondary N) is 2. The smallest absolute Gasteiger partial charge is 0.258 e. The van der Waals surface area contributed by atoms with Gasteiger partial charge in [-0.25, -0.2) is 0 Å². The molecule has 0 spiro atoms. The summed E-state index contributed by atoms with van der Waals surface area (Å²) in [6.07, 6.45) is 0.357. The van der Waals surface area contributed by atoms with Crippen molar-refractivity contribution in [2.24, 2.45) is 0 Å². The van der Waals surface area contributed by atoms with Gasteiger partial charge in [0, 0.05) is 23.6 Å². The van der Waals surface area contributed by atoms with Crippen molar-refractivity contribution in [3.63, 3.8) is 0 Å². The number of rotatable bonds is 3. The molecule has 1 fully saturated rings. The van der Waals surface area contributed by atoms with Gasteiger partial charge >= 0.3 is 0 Å². The van der Waals surface area contributed by atoms with Crippen LogP contribution in [-0.4, -0.2) is 40.5 Å². The average Bonchev–Trinajstić information content (AvgIpc) is 3.06. The summed E-state index contributed by atoms with van der Waals surface area (Å²) >= 11 is 6.05. The first-order chi connectivity index (χ1) is 14.8. The van der Waals surface area contributed by atoms with E-state index >= 15 is 0 Å². The standard InChI is InChI=1S/C22H18ClN3O5/c1-11-5-6-12(9-15(11)23)19(28)25-20(29)14-4-2-3-13-10-26(22(31)18(13)14)16-7-8-17(27)24-21(16)30/h2-6,9,16H,7-8,10H2,1H3,(H,24,27,30)(H,25,28,29). The lowest BCUT2D eigenvalue weighted by Gasteiger charge is -2.29. The minimum absolute atomic E-state index is 0.0452. The molecule has 0 saturated carbocycles. The van der Waals surface area contributed by atoms with Crippen LogP contribution in [0, 0.1) is 6.92 Å². The zero-order chi connectivity index (χ0) is 22.3. The fraction of sp³-hybridized carbons (Fsp3) is 0.227. The summed E-state index contributed by atoms with van der Waals surface area (Å²) in [5.41, 5.74) is 1.79. The summed E-state index contributed by atoms with van der Waals surface area (Å²) in [6.45, 7) is 1.94. The molecule has 9 heteroatoms. The van der Waals surface area contributed by atoms with Crippen LogP contribution < -0.4 is 10.6 Å². The zero-order valence-electron chi connectivity index (χ0n) is 16.5. The van der Waals surface area contributed by atoms with E-state index in [1.54, 1.807) is 31.2 Å². The summed E-state index contributed by atoms with van der Waals surface area (Å²) in [5, 5.41) is 4.92. The molecule has 0 bridgehead atoms. The Balaban J connectivity index is 1.56. The Hall–Kier alpha value is -3.52. The number of imide groups is 2. The van der Waals surface area contributed by atoms with Crippen LogP contribution in [0.25, 0.3) is 0 Å². The van der Waals surface area contributed by atoms with Gasteiger partial charge in [-0.2, -0.15) is 0 Å². The third-order valence-corrected chi connectivity index (χ3v) is 5.87. The average molecular weight is 440 g/mol. The van der Waals surface area contributed by atoms with Gasteiger partial charge in [-0.05, 0) is 42.7 Å². The summed E-state index contributed by atoms with van der Waals surface area (Å²) in [4.78, 5) is 63.3. The normalized spacial score (nSPS) is 17.9. The van der Waals surface area contributed by atoms with Crippen LogP contribution in [-0.2, 0) is 16.1 Å². The van der Waals surface area contributed by atoms with Crippen LogP contribution in [0.3, 0.4) is 0 Å². The molecule has 1 atom stereocenters. The highest BCUT2D eigenvalue weighted by atomic mass is 35.5. The molecule has 2 aliphatic rings. The van der Waals surface area contributed by atoms with Gasteiger partial charge in [-0.3, -0.25) is 34.6 Å². The van der Waals surface area contributed by atoms with Crippen molar-refractivity contribution in [2.75, 3.05) is 0 Å². The largest absolute Gasteiger partial charge is 0.322 e. The van der Waals surface area contributed by atoms with Crippen LogP contribution in [0.15, 0.2) is 36.4 Å². The second-order valence-electron chi connectivity index (χ2n) is 7.49. The Kier molecular flexibility index (Phi) is 5.32. The number of amides is 5. The molecule has 4 rings (SSSR count). The number of piperidine rings is 1. The molecule has 1 saturated heterocycles. The lowest BCUT2D eigenvalue weighted by molar-refractivity contribution is -0.136. The SMILES string of the molecule is Cc1ccc(C(=O)NC(=O)c2cccc3c2C(=O)N(C2CCC(=O)NC2=O)C3)cc1Cl. The number of carbonyl (C=O) groups excluding carboxylic acids is 5. The molecule has 8 nitrogen and oxygen atoms in total. The lowest BCUT2D eigenvalue weighted by atomic mass is 10.0. The van der Waals surface area contributed by atoms with E-state index in [1.165, 1.54) is 17.0 Å². The van der Waals surface area contributed by atoms with Gasteiger partial charge in [-0.1, -0.05) is 29.8 Å². The molecule has 158 valence electrons. The number of hydrogen-bond donors (Lipinski definition) is 2. The molecule has 2 N–H and O–H groups in total. The van der Waals surface area contributed by atoms with Crippen molar-refractivity contribution in [1.29, 1.82) is 0 Å². The molecular weight excluding hydrogens is 422 g/mol. The molecule has 2 aliphatic heterocycles. The monoisotopic (exact) mass is 439 g/mol. The van der Waals surface area contributed by atoms with Crippen molar-refractivity contribution in [3.05, 3.63) is 69.2 Å². The van der Waals surface area contributed by atoms with Gasteiger partial charge in [0.15, 0.2) is 0 Å². The number of nitrogens with zero attached hydrogens (tertiary/aromatic N) is 1. The molecule has 5 amide bonds. The first kappa shape index (κ1) is 20.7. The fourth-order valence-electron chi connectivity index (χ4n) is 3.78. The van der Waals surface area contributed by atoms with E-state index in [0.717, 1.165) is 5.56 Å². The van der Waals surface area contributed by atoms with Gasteiger partial charge < -0.3 is 4.90 Å². The van der Waals surface area contributed by atoms with Gasteiger partial charge in [0.25, 0.3) is 17.7 Å². The number of fused-ring (bicyclic) bond motifs is 1. The number of halogens is 1. The molecule has 0 aliphatic carbocycles. The molecule has 0 aromatic heterocycles. The number of carbonyl (C=O) groups is 5. The Morgan fingerprint density at radius 2 is 1.90 bits per heavy atom. The van der Waals surface area contributed by atoms with E-state index in [4.69, 9.17) is 11.6 Å². The van der Waals surface area contributed by atoms with Crippen molar-refractivity contribution in [2.45, 2.75) is 32.4 Å². The Labute approximate surface area is 182 Å². The summed E-state index contributed by atoms with van der Waals surface area (Å²) in [5.74, 6) is -2.76. The maximum Gasteiger partial charge on any atom is 0.258 e. The van der Waals surface area contributed by atoms with Crippen LogP contribution in [0.4, 0.5) is 0 Å². The van der Waals surface area contributed by atoms with Crippen LogP contribution >= 0.6 is 11.6 Å². The topological polar surface area (TPSA) is 113 Å². The van der Waals surface area contributed by atoms with Crippen LogP contribution in [0.5, 0.6) is 0 Å². The van der Waals surface area contributed by atoms with Gasteiger partial charge in [0.05, 0.1) is 11.1 Å². The van der Waals surface area contributed by atoms with Crippen LogP contribution in [0.2, 0.25) is 5.02 Å².